The average Bonchev–Trinajstić information content (AvgIpc) is 3.42. The highest BCUT2D eigenvalue weighted by molar-refractivity contribution is 5.61. The van der Waals surface area contributed by atoms with Gasteiger partial charge in [-0.3, -0.25) is 0 Å². The van der Waals surface area contributed by atoms with Gasteiger partial charge in [-0.15, -0.1) is 0 Å². The van der Waals surface area contributed by atoms with Crippen molar-refractivity contribution in [3.63, 3.8) is 0 Å². The van der Waals surface area contributed by atoms with Gasteiger partial charge in [-0.1, -0.05) is 12.8 Å². The lowest BCUT2D eigenvalue weighted by Crippen LogP contribution is -2.43. The van der Waals surface area contributed by atoms with E-state index in [4.69, 9.17) is 4.98 Å². The number of nitriles is 1. The van der Waals surface area contributed by atoms with E-state index in [-0.39, 0.29) is 6.04 Å². The minimum Gasteiger partial charge on any atom is -0.368 e. The number of piperazine rings is 1. The van der Waals surface area contributed by atoms with E-state index in [1.807, 2.05) is 18.5 Å². The lowest BCUT2D eigenvalue weighted by Gasteiger charge is -2.29. The maximum absolute atomic E-state index is 9.63. The molecule has 1 unspecified atom stereocenters. The highest BCUT2D eigenvalue weighted by atomic mass is 15.3. The molecule has 8 nitrogen and oxygen atoms in total. The first kappa shape index (κ1) is 18.1. The Balaban J connectivity index is 1.34. The summed E-state index contributed by atoms with van der Waals surface area (Å²) in [4.78, 5) is 18.4. The summed E-state index contributed by atoms with van der Waals surface area (Å²) >= 11 is 0. The third kappa shape index (κ3) is 3.58. The summed E-state index contributed by atoms with van der Waals surface area (Å²) in [5, 5.41) is 16.2. The SMILES string of the molecule is N#CC1Cc2cnc(Nc3ccc(N4CCNCC4)cn3)nc2N1C1CCCC1. The molecule has 0 aromatic carbocycles. The van der Waals surface area contributed by atoms with E-state index < -0.39 is 0 Å². The van der Waals surface area contributed by atoms with Gasteiger partial charge in [0.15, 0.2) is 0 Å². The molecule has 4 heterocycles. The predicted octanol–water partition coefficient (Wildman–Crippen LogP) is 2.22. The van der Waals surface area contributed by atoms with Crippen molar-refractivity contribution in [2.24, 2.45) is 0 Å². The second kappa shape index (κ2) is 7.84. The highest BCUT2D eigenvalue weighted by Gasteiger charge is 2.37. The molecule has 0 radical (unpaired) electrons. The summed E-state index contributed by atoms with van der Waals surface area (Å²) < 4.78 is 0. The van der Waals surface area contributed by atoms with Crippen molar-refractivity contribution in [2.45, 2.75) is 44.2 Å². The molecule has 1 atom stereocenters. The van der Waals surface area contributed by atoms with Crippen LogP contribution in [0.4, 0.5) is 23.3 Å². The zero-order chi connectivity index (χ0) is 19.6. The Morgan fingerprint density at radius 1 is 1.10 bits per heavy atom. The van der Waals surface area contributed by atoms with Crippen LogP contribution in [-0.4, -0.2) is 53.2 Å². The summed E-state index contributed by atoms with van der Waals surface area (Å²) in [6.07, 6.45) is 9.21. The summed E-state index contributed by atoms with van der Waals surface area (Å²) in [6, 6.07) is 6.81. The smallest absolute Gasteiger partial charge is 0.230 e. The highest BCUT2D eigenvalue weighted by Crippen LogP contribution is 2.37. The largest absolute Gasteiger partial charge is 0.368 e. The minimum absolute atomic E-state index is 0.130. The Bertz CT molecular complexity index is 894. The van der Waals surface area contributed by atoms with Gasteiger partial charge in [0.1, 0.15) is 17.7 Å². The summed E-state index contributed by atoms with van der Waals surface area (Å²) in [6.45, 7) is 4.01. The standard InChI is InChI=1S/C21H26N8/c22-12-18-11-15-13-25-21(27-20(15)29(18)16-3-1-2-4-16)26-19-6-5-17(14-24-19)28-9-7-23-8-10-28/h5-6,13-14,16,18,23H,1-4,7-11H2,(H,24,25,26,27). The molecule has 0 bridgehead atoms. The average molecular weight is 390 g/mol. The molecule has 1 saturated heterocycles. The van der Waals surface area contributed by atoms with Crippen LogP contribution in [0.25, 0.3) is 0 Å². The quantitative estimate of drug-likeness (QED) is 0.821. The second-order valence-corrected chi connectivity index (χ2v) is 8.00. The third-order valence-electron chi connectivity index (χ3n) is 6.17. The van der Waals surface area contributed by atoms with Gasteiger partial charge in [0, 0.05) is 50.4 Å². The Labute approximate surface area is 171 Å². The minimum atomic E-state index is -0.130. The molecule has 3 aliphatic rings. The molecular formula is C21H26N8. The van der Waals surface area contributed by atoms with Crippen LogP contribution in [0.15, 0.2) is 24.5 Å². The van der Waals surface area contributed by atoms with Crippen LogP contribution in [0, 0.1) is 11.3 Å². The van der Waals surface area contributed by atoms with E-state index in [2.05, 4.69) is 42.5 Å². The van der Waals surface area contributed by atoms with Crippen molar-refractivity contribution in [2.75, 3.05) is 41.3 Å². The predicted molar refractivity (Wildman–Crippen MR) is 112 cm³/mol. The number of hydrogen-bond acceptors (Lipinski definition) is 8. The zero-order valence-electron chi connectivity index (χ0n) is 16.5. The van der Waals surface area contributed by atoms with E-state index in [0.29, 0.717) is 18.4 Å². The summed E-state index contributed by atoms with van der Waals surface area (Å²) in [5.41, 5.74) is 2.20. The van der Waals surface area contributed by atoms with Crippen LogP contribution in [-0.2, 0) is 6.42 Å². The molecule has 2 aromatic rings. The first-order valence-corrected chi connectivity index (χ1v) is 10.5. The number of anilines is 4. The number of pyridine rings is 1. The maximum Gasteiger partial charge on any atom is 0.230 e. The Hall–Kier alpha value is -2.92. The van der Waals surface area contributed by atoms with Gasteiger partial charge in [-0.2, -0.15) is 10.2 Å². The van der Waals surface area contributed by atoms with Crippen molar-refractivity contribution in [1.29, 1.82) is 5.26 Å². The molecule has 2 aliphatic heterocycles. The van der Waals surface area contributed by atoms with Crippen molar-refractivity contribution >= 4 is 23.3 Å². The van der Waals surface area contributed by atoms with E-state index in [1.54, 1.807) is 0 Å². The van der Waals surface area contributed by atoms with Gasteiger partial charge >= 0.3 is 0 Å². The number of nitrogens with one attached hydrogen (secondary N) is 2. The number of fused-ring (bicyclic) bond motifs is 1. The molecule has 1 saturated carbocycles. The van der Waals surface area contributed by atoms with Crippen LogP contribution in [0.3, 0.4) is 0 Å². The topological polar surface area (TPSA) is 93.0 Å². The lowest BCUT2D eigenvalue weighted by molar-refractivity contribution is 0.580. The summed E-state index contributed by atoms with van der Waals surface area (Å²) in [5.74, 6) is 2.18. The Morgan fingerprint density at radius 2 is 1.93 bits per heavy atom. The second-order valence-electron chi connectivity index (χ2n) is 8.00. The van der Waals surface area contributed by atoms with E-state index in [9.17, 15) is 5.26 Å². The van der Waals surface area contributed by atoms with Crippen molar-refractivity contribution in [1.82, 2.24) is 20.3 Å². The van der Waals surface area contributed by atoms with Crippen molar-refractivity contribution in [3.05, 3.63) is 30.1 Å². The van der Waals surface area contributed by atoms with E-state index in [1.165, 1.54) is 12.8 Å². The molecular weight excluding hydrogens is 364 g/mol. The zero-order valence-corrected chi connectivity index (χ0v) is 16.5. The van der Waals surface area contributed by atoms with Crippen LogP contribution in [0.5, 0.6) is 0 Å². The number of nitrogens with zero attached hydrogens (tertiary/aromatic N) is 6. The molecule has 150 valence electrons. The van der Waals surface area contributed by atoms with Gasteiger partial charge in [0.05, 0.1) is 18.0 Å². The van der Waals surface area contributed by atoms with Crippen LogP contribution in [0.2, 0.25) is 0 Å². The van der Waals surface area contributed by atoms with Gasteiger partial charge in [0.25, 0.3) is 0 Å². The fraction of sp³-hybridized carbons (Fsp3) is 0.524. The van der Waals surface area contributed by atoms with Crippen molar-refractivity contribution in [3.8, 4) is 6.07 Å². The monoisotopic (exact) mass is 390 g/mol. The lowest BCUT2D eigenvalue weighted by atomic mass is 10.1. The fourth-order valence-electron chi connectivity index (χ4n) is 4.68. The molecule has 2 fully saturated rings. The molecule has 2 aromatic heterocycles. The van der Waals surface area contributed by atoms with E-state index >= 15 is 0 Å². The number of aromatic nitrogens is 3. The first-order valence-electron chi connectivity index (χ1n) is 10.5. The number of hydrogen-bond donors (Lipinski definition) is 2. The van der Waals surface area contributed by atoms with Crippen LogP contribution in [0.1, 0.15) is 31.2 Å². The van der Waals surface area contributed by atoms with Gasteiger partial charge in [0.2, 0.25) is 5.95 Å². The number of rotatable bonds is 4. The van der Waals surface area contributed by atoms with Gasteiger partial charge < -0.3 is 20.4 Å². The molecule has 8 heteroatoms. The molecule has 0 amide bonds. The third-order valence-corrected chi connectivity index (χ3v) is 6.17. The molecule has 0 spiro atoms. The van der Waals surface area contributed by atoms with Crippen LogP contribution < -0.4 is 20.4 Å². The van der Waals surface area contributed by atoms with E-state index in [0.717, 1.165) is 61.9 Å². The summed E-state index contributed by atoms with van der Waals surface area (Å²) in [7, 11) is 0. The normalized spacial score (nSPS) is 21.8. The Kier molecular flexibility index (Phi) is 4.90. The van der Waals surface area contributed by atoms with Gasteiger partial charge in [-0.25, -0.2) is 9.97 Å². The Morgan fingerprint density at radius 3 is 2.66 bits per heavy atom. The maximum atomic E-state index is 9.63. The van der Waals surface area contributed by atoms with Crippen LogP contribution >= 0.6 is 0 Å². The molecule has 1 aliphatic carbocycles. The molecule has 2 N–H and O–H groups in total. The fourth-order valence-corrected chi connectivity index (χ4v) is 4.68. The first-order chi connectivity index (χ1) is 14.3. The molecule has 5 rings (SSSR count). The van der Waals surface area contributed by atoms with Crippen molar-refractivity contribution < 1.29 is 0 Å². The van der Waals surface area contributed by atoms with Gasteiger partial charge in [-0.05, 0) is 25.0 Å². The molecule has 29 heavy (non-hydrogen) atoms.